The SMILES string of the molecule is CC(C)C[C@H](NC(=O)CCC(=O)N[C@H](C)c1ccccc1)C(=O)O. The minimum Gasteiger partial charge on any atom is -0.480 e. The average molecular weight is 334 g/mol. The summed E-state index contributed by atoms with van der Waals surface area (Å²) >= 11 is 0. The van der Waals surface area contributed by atoms with Crippen LogP contribution >= 0.6 is 0 Å². The summed E-state index contributed by atoms with van der Waals surface area (Å²) in [5, 5.41) is 14.4. The number of hydrogen-bond acceptors (Lipinski definition) is 3. The van der Waals surface area contributed by atoms with Gasteiger partial charge in [-0.05, 0) is 24.8 Å². The topological polar surface area (TPSA) is 95.5 Å². The fourth-order valence-electron chi connectivity index (χ4n) is 2.33. The lowest BCUT2D eigenvalue weighted by molar-refractivity contribution is -0.142. The number of aliphatic carboxylic acids is 1. The van der Waals surface area contributed by atoms with Crippen molar-refractivity contribution in [2.75, 3.05) is 0 Å². The van der Waals surface area contributed by atoms with Crippen molar-refractivity contribution in [1.29, 1.82) is 0 Å². The van der Waals surface area contributed by atoms with Crippen molar-refractivity contribution in [3.8, 4) is 0 Å². The van der Waals surface area contributed by atoms with Crippen molar-refractivity contribution in [2.24, 2.45) is 5.92 Å². The molecule has 0 spiro atoms. The minimum absolute atomic E-state index is 0.0248. The van der Waals surface area contributed by atoms with Crippen LogP contribution in [0, 0.1) is 5.92 Å². The van der Waals surface area contributed by atoms with Crippen molar-refractivity contribution >= 4 is 17.8 Å². The van der Waals surface area contributed by atoms with Crippen LogP contribution in [0.15, 0.2) is 30.3 Å². The van der Waals surface area contributed by atoms with Crippen molar-refractivity contribution in [1.82, 2.24) is 10.6 Å². The molecule has 0 saturated carbocycles. The Bertz CT molecular complexity index is 557. The molecule has 6 nitrogen and oxygen atoms in total. The summed E-state index contributed by atoms with van der Waals surface area (Å²) in [5.41, 5.74) is 0.984. The first-order chi connectivity index (χ1) is 11.3. The third kappa shape index (κ3) is 7.26. The second-order valence-corrected chi connectivity index (χ2v) is 6.29. The predicted octanol–water partition coefficient (Wildman–Crippen LogP) is 2.26. The van der Waals surface area contributed by atoms with Crippen LogP contribution in [0.2, 0.25) is 0 Å². The van der Waals surface area contributed by atoms with Gasteiger partial charge in [-0.25, -0.2) is 4.79 Å². The van der Waals surface area contributed by atoms with Crippen molar-refractivity contribution in [3.05, 3.63) is 35.9 Å². The molecule has 6 heteroatoms. The van der Waals surface area contributed by atoms with Crippen LogP contribution in [-0.2, 0) is 14.4 Å². The Morgan fingerprint density at radius 3 is 2.00 bits per heavy atom. The number of carbonyl (C=O) groups excluding carboxylic acids is 2. The van der Waals surface area contributed by atoms with Gasteiger partial charge in [-0.2, -0.15) is 0 Å². The van der Waals surface area contributed by atoms with Crippen molar-refractivity contribution in [2.45, 2.75) is 52.1 Å². The highest BCUT2D eigenvalue weighted by Crippen LogP contribution is 2.11. The van der Waals surface area contributed by atoms with Crippen LogP contribution in [0.1, 0.15) is 51.6 Å². The van der Waals surface area contributed by atoms with Crippen LogP contribution < -0.4 is 10.6 Å². The molecule has 2 atom stereocenters. The molecule has 2 amide bonds. The van der Waals surface area contributed by atoms with Gasteiger partial charge in [0.2, 0.25) is 11.8 Å². The zero-order chi connectivity index (χ0) is 18.1. The Labute approximate surface area is 142 Å². The second kappa shape index (κ2) is 9.70. The normalized spacial score (nSPS) is 13.2. The maximum absolute atomic E-state index is 11.9. The smallest absolute Gasteiger partial charge is 0.326 e. The van der Waals surface area contributed by atoms with Gasteiger partial charge >= 0.3 is 5.97 Å². The molecule has 0 aromatic heterocycles. The van der Waals surface area contributed by atoms with E-state index in [1.165, 1.54) is 0 Å². The number of nitrogens with one attached hydrogen (secondary N) is 2. The van der Waals surface area contributed by atoms with E-state index >= 15 is 0 Å². The Balaban J connectivity index is 2.40. The Hall–Kier alpha value is -2.37. The summed E-state index contributed by atoms with van der Waals surface area (Å²) in [6, 6.07) is 8.47. The molecule has 1 aromatic rings. The third-order valence-electron chi connectivity index (χ3n) is 3.60. The maximum atomic E-state index is 11.9. The molecule has 24 heavy (non-hydrogen) atoms. The molecule has 3 N–H and O–H groups in total. The molecule has 0 bridgehead atoms. The maximum Gasteiger partial charge on any atom is 0.326 e. The summed E-state index contributed by atoms with van der Waals surface area (Å²) in [6.07, 6.45) is 0.352. The fourth-order valence-corrected chi connectivity index (χ4v) is 2.33. The summed E-state index contributed by atoms with van der Waals surface area (Å²) in [7, 11) is 0. The van der Waals surface area contributed by atoms with Crippen molar-refractivity contribution in [3.63, 3.8) is 0 Å². The number of carbonyl (C=O) groups is 3. The monoisotopic (exact) mass is 334 g/mol. The van der Waals surface area contributed by atoms with Gasteiger partial charge in [-0.15, -0.1) is 0 Å². The summed E-state index contributed by atoms with van der Waals surface area (Å²) in [5.74, 6) is -1.57. The van der Waals surface area contributed by atoms with Gasteiger partial charge in [0.1, 0.15) is 6.04 Å². The molecule has 0 aliphatic carbocycles. The number of hydrogen-bond donors (Lipinski definition) is 3. The first kappa shape index (κ1) is 19.7. The highest BCUT2D eigenvalue weighted by Gasteiger charge is 2.21. The molecule has 0 unspecified atom stereocenters. The second-order valence-electron chi connectivity index (χ2n) is 6.29. The standard InChI is InChI=1S/C18H26N2O4/c1-12(2)11-15(18(23)24)20-17(22)10-9-16(21)19-13(3)14-7-5-4-6-8-14/h4-8,12-13,15H,9-11H2,1-3H3,(H,19,21)(H,20,22)(H,23,24)/t13-,15+/m1/s1. The third-order valence-corrected chi connectivity index (χ3v) is 3.60. The summed E-state index contributed by atoms with van der Waals surface area (Å²) < 4.78 is 0. The molecule has 0 aliphatic rings. The van der Waals surface area contributed by atoms with E-state index < -0.39 is 17.9 Å². The van der Waals surface area contributed by atoms with Gasteiger partial charge < -0.3 is 15.7 Å². The van der Waals surface area contributed by atoms with E-state index in [9.17, 15) is 14.4 Å². The van der Waals surface area contributed by atoms with Crippen molar-refractivity contribution < 1.29 is 19.5 Å². The largest absolute Gasteiger partial charge is 0.480 e. The summed E-state index contributed by atoms with van der Waals surface area (Å²) in [4.78, 5) is 34.9. The Morgan fingerprint density at radius 2 is 1.50 bits per heavy atom. The molecule has 0 heterocycles. The Kier molecular flexibility index (Phi) is 7.95. The first-order valence-corrected chi connectivity index (χ1v) is 8.16. The van der Waals surface area contributed by atoms with Crippen LogP contribution in [0.3, 0.4) is 0 Å². The van der Waals surface area contributed by atoms with E-state index in [0.29, 0.717) is 6.42 Å². The first-order valence-electron chi connectivity index (χ1n) is 8.16. The molecule has 132 valence electrons. The average Bonchev–Trinajstić information content (AvgIpc) is 2.52. The van der Waals surface area contributed by atoms with E-state index in [-0.39, 0.29) is 30.7 Å². The number of carboxylic acid groups (broad SMARTS) is 1. The van der Waals surface area contributed by atoms with Gasteiger partial charge in [0, 0.05) is 12.8 Å². The minimum atomic E-state index is -1.06. The number of carboxylic acids is 1. The van der Waals surface area contributed by atoms with Gasteiger partial charge in [0.05, 0.1) is 6.04 Å². The lowest BCUT2D eigenvalue weighted by Gasteiger charge is -2.17. The quantitative estimate of drug-likeness (QED) is 0.645. The summed E-state index contributed by atoms with van der Waals surface area (Å²) in [6.45, 7) is 5.65. The highest BCUT2D eigenvalue weighted by atomic mass is 16.4. The predicted molar refractivity (Wildman–Crippen MR) is 91.3 cm³/mol. The van der Waals surface area contributed by atoms with Crippen LogP contribution in [-0.4, -0.2) is 28.9 Å². The molecule has 1 rings (SSSR count). The number of rotatable bonds is 9. The lowest BCUT2D eigenvalue weighted by atomic mass is 10.0. The fraction of sp³-hybridized carbons (Fsp3) is 0.500. The van der Waals surface area contributed by atoms with E-state index in [0.717, 1.165) is 5.56 Å². The zero-order valence-corrected chi connectivity index (χ0v) is 14.4. The zero-order valence-electron chi connectivity index (χ0n) is 14.4. The van der Waals surface area contributed by atoms with Crippen LogP contribution in [0.5, 0.6) is 0 Å². The van der Waals surface area contributed by atoms with E-state index in [4.69, 9.17) is 5.11 Å². The molecule has 1 aromatic carbocycles. The van der Waals surface area contributed by atoms with Gasteiger partial charge in [0.15, 0.2) is 0 Å². The van der Waals surface area contributed by atoms with Gasteiger partial charge in [-0.3, -0.25) is 9.59 Å². The molecular formula is C18H26N2O4. The molecular weight excluding hydrogens is 308 g/mol. The molecule has 0 saturated heterocycles. The molecule has 0 fully saturated rings. The van der Waals surface area contributed by atoms with E-state index in [1.807, 2.05) is 51.1 Å². The van der Waals surface area contributed by atoms with Gasteiger partial charge in [-0.1, -0.05) is 44.2 Å². The van der Waals surface area contributed by atoms with Crippen LogP contribution in [0.4, 0.5) is 0 Å². The Morgan fingerprint density at radius 1 is 0.958 bits per heavy atom. The molecule has 0 aliphatic heterocycles. The number of amides is 2. The van der Waals surface area contributed by atoms with E-state index in [1.54, 1.807) is 0 Å². The van der Waals surface area contributed by atoms with E-state index in [2.05, 4.69) is 10.6 Å². The lowest BCUT2D eigenvalue weighted by Crippen LogP contribution is -2.42. The highest BCUT2D eigenvalue weighted by molar-refractivity contribution is 5.87. The van der Waals surface area contributed by atoms with Crippen LogP contribution in [0.25, 0.3) is 0 Å². The molecule has 0 radical (unpaired) electrons. The number of benzene rings is 1. The van der Waals surface area contributed by atoms with Gasteiger partial charge in [0.25, 0.3) is 0 Å².